The number of rotatable bonds is 7. The Balaban J connectivity index is 2.09. The summed E-state index contributed by atoms with van der Waals surface area (Å²) in [5.41, 5.74) is 2.45. The van der Waals surface area contributed by atoms with E-state index in [9.17, 15) is 9.59 Å². The lowest BCUT2D eigenvalue weighted by molar-refractivity contribution is -0.128. The molecule has 0 fully saturated rings. The first-order chi connectivity index (χ1) is 11.6. The van der Waals surface area contributed by atoms with E-state index in [-0.39, 0.29) is 5.91 Å². The molecule has 0 radical (unpaired) electrons. The predicted octanol–water partition coefficient (Wildman–Crippen LogP) is 3.12. The van der Waals surface area contributed by atoms with Crippen molar-refractivity contribution >= 4 is 11.9 Å². The van der Waals surface area contributed by atoms with Crippen LogP contribution in [0.25, 0.3) is 0 Å². The minimum absolute atomic E-state index is 0.339. The highest BCUT2D eigenvalue weighted by atomic mass is 16.5. The molecule has 0 bridgehead atoms. The van der Waals surface area contributed by atoms with Gasteiger partial charge in [-0.15, -0.1) is 6.58 Å². The molecule has 1 atom stereocenters. The predicted molar refractivity (Wildman–Crippen MR) is 93.8 cm³/mol. The lowest BCUT2D eigenvalue weighted by Gasteiger charge is -2.14. The molecule has 4 nitrogen and oxygen atoms in total. The standard InChI is InChI=1S/C20H21NO3/c1-3-13-21-19(22)15(2)24-20(23)18-12-8-7-11-17(18)14-16-9-5-4-6-10-16/h3-12,15H,1,13-14H2,2H3,(H,21,22). The summed E-state index contributed by atoms with van der Waals surface area (Å²) in [5, 5.41) is 2.61. The molecule has 1 amide bonds. The van der Waals surface area contributed by atoms with Crippen LogP contribution in [0.4, 0.5) is 0 Å². The third-order valence-corrected chi connectivity index (χ3v) is 3.55. The second-order valence-electron chi connectivity index (χ2n) is 5.40. The number of carbonyl (C=O) groups is 2. The van der Waals surface area contributed by atoms with Crippen LogP contribution in [0.5, 0.6) is 0 Å². The molecule has 1 unspecified atom stereocenters. The van der Waals surface area contributed by atoms with Crippen LogP contribution in [0, 0.1) is 0 Å². The zero-order valence-corrected chi connectivity index (χ0v) is 13.7. The molecule has 24 heavy (non-hydrogen) atoms. The fraction of sp³-hybridized carbons (Fsp3) is 0.200. The van der Waals surface area contributed by atoms with Crippen molar-refractivity contribution in [3.05, 3.63) is 83.9 Å². The molecule has 2 aromatic carbocycles. The highest BCUT2D eigenvalue weighted by Gasteiger charge is 2.20. The highest BCUT2D eigenvalue weighted by molar-refractivity contribution is 5.93. The van der Waals surface area contributed by atoms with Gasteiger partial charge in [0.25, 0.3) is 5.91 Å². The maximum atomic E-state index is 12.4. The molecule has 124 valence electrons. The molecule has 0 saturated carbocycles. The third kappa shape index (κ3) is 4.81. The zero-order chi connectivity index (χ0) is 17.4. The van der Waals surface area contributed by atoms with E-state index in [4.69, 9.17) is 4.74 Å². The first kappa shape index (κ1) is 17.5. The molecular formula is C20H21NO3. The van der Waals surface area contributed by atoms with Crippen molar-refractivity contribution in [1.29, 1.82) is 0 Å². The largest absolute Gasteiger partial charge is 0.449 e. The summed E-state index contributed by atoms with van der Waals surface area (Å²) < 4.78 is 5.29. The van der Waals surface area contributed by atoms with Crippen LogP contribution in [0.3, 0.4) is 0 Å². The lowest BCUT2D eigenvalue weighted by atomic mass is 10.00. The molecule has 0 spiro atoms. The minimum Gasteiger partial charge on any atom is -0.449 e. The average Bonchev–Trinajstić information content (AvgIpc) is 2.60. The van der Waals surface area contributed by atoms with Crippen molar-refractivity contribution < 1.29 is 14.3 Å². The summed E-state index contributed by atoms with van der Waals surface area (Å²) in [6.07, 6.45) is 1.34. The van der Waals surface area contributed by atoms with Crippen molar-refractivity contribution in [1.82, 2.24) is 5.32 Å². The van der Waals surface area contributed by atoms with E-state index in [1.807, 2.05) is 42.5 Å². The van der Waals surface area contributed by atoms with Gasteiger partial charge in [-0.1, -0.05) is 54.6 Å². The van der Waals surface area contributed by atoms with E-state index in [0.29, 0.717) is 18.5 Å². The summed E-state index contributed by atoms with van der Waals surface area (Å²) in [6.45, 7) is 5.42. The molecular weight excluding hydrogens is 302 g/mol. The normalized spacial score (nSPS) is 11.4. The van der Waals surface area contributed by atoms with E-state index in [2.05, 4.69) is 11.9 Å². The van der Waals surface area contributed by atoms with Crippen LogP contribution >= 0.6 is 0 Å². The van der Waals surface area contributed by atoms with Crippen molar-refractivity contribution in [3.8, 4) is 0 Å². The second kappa shape index (κ2) is 8.67. The van der Waals surface area contributed by atoms with Gasteiger partial charge < -0.3 is 10.1 Å². The van der Waals surface area contributed by atoms with Gasteiger partial charge in [0.05, 0.1) is 5.56 Å². The van der Waals surface area contributed by atoms with Gasteiger partial charge in [0.2, 0.25) is 0 Å². The first-order valence-electron chi connectivity index (χ1n) is 7.83. The van der Waals surface area contributed by atoms with Gasteiger partial charge in [-0.25, -0.2) is 4.79 Å². The number of amides is 1. The van der Waals surface area contributed by atoms with Gasteiger partial charge >= 0.3 is 5.97 Å². The molecule has 2 rings (SSSR count). The Morgan fingerprint density at radius 2 is 1.79 bits per heavy atom. The van der Waals surface area contributed by atoms with Gasteiger partial charge in [-0.2, -0.15) is 0 Å². The maximum absolute atomic E-state index is 12.4. The first-order valence-corrected chi connectivity index (χ1v) is 7.83. The summed E-state index contributed by atoms with van der Waals surface area (Å²) >= 11 is 0. The smallest absolute Gasteiger partial charge is 0.339 e. The molecule has 0 aliphatic rings. The van der Waals surface area contributed by atoms with E-state index in [1.54, 1.807) is 25.1 Å². The summed E-state index contributed by atoms with van der Waals surface area (Å²) in [6, 6.07) is 17.2. The van der Waals surface area contributed by atoms with E-state index >= 15 is 0 Å². The number of benzene rings is 2. The van der Waals surface area contributed by atoms with Crippen LogP contribution in [-0.2, 0) is 16.0 Å². The van der Waals surface area contributed by atoms with Gasteiger partial charge in [-0.05, 0) is 30.5 Å². The van der Waals surface area contributed by atoms with Gasteiger partial charge in [0.1, 0.15) is 0 Å². The van der Waals surface area contributed by atoms with Crippen molar-refractivity contribution in [3.63, 3.8) is 0 Å². The minimum atomic E-state index is -0.859. The number of hydrogen-bond donors (Lipinski definition) is 1. The monoisotopic (exact) mass is 323 g/mol. The maximum Gasteiger partial charge on any atom is 0.339 e. The van der Waals surface area contributed by atoms with Crippen LogP contribution in [-0.4, -0.2) is 24.5 Å². The average molecular weight is 323 g/mol. The van der Waals surface area contributed by atoms with Gasteiger partial charge in [-0.3, -0.25) is 4.79 Å². The molecule has 1 N–H and O–H groups in total. The Morgan fingerprint density at radius 3 is 2.50 bits per heavy atom. The Hall–Kier alpha value is -2.88. The Bertz CT molecular complexity index is 710. The van der Waals surface area contributed by atoms with E-state index < -0.39 is 12.1 Å². The van der Waals surface area contributed by atoms with Gasteiger partial charge in [0, 0.05) is 6.54 Å². The zero-order valence-electron chi connectivity index (χ0n) is 13.7. The number of esters is 1. The van der Waals surface area contributed by atoms with Crippen molar-refractivity contribution in [2.45, 2.75) is 19.4 Å². The lowest BCUT2D eigenvalue weighted by Crippen LogP contribution is -2.36. The fourth-order valence-electron chi connectivity index (χ4n) is 2.28. The summed E-state index contributed by atoms with van der Waals surface area (Å²) in [7, 11) is 0. The van der Waals surface area contributed by atoms with Crippen LogP contribution in [0.15, 0.2) is 67.3 Å². The Labute approximate surface area is 142 Å². The molecule has 0 saturated heterocycles. The third-order valence-electron chi connectivity index (χ3n) is 3.55. The molecule has 2 aromatic rings. The topological polar surface area (TPSA) is 55.4 Å². The van der Waals surface area contributed by atoms with Crippen molar-refractivity contribution in [2.75, 3.05) is 6.54 Å². The Kier molecular flexibility index (Phi) is 6.32. The summed E-state index contributed by atoms with van der Waals surface area (Å²) in [4.78, 5) is 24.2. The quantitative estimate of drug-likeness (QED) is 0.629. The number of ether oxygens (including phenoxy) is 1. The number of nitrogens with one attached hydrogen (secondary N) is 1. The van der Waals surface area contributed by atoms with E-state index in [0.717, 1.165) is 11.1 Å². The second-order valence-corrected chi connectivity index (χ2v) is 5.40. The molecule has 0 heterocycles. The van der Waals surface area contributed by atoms with E-state index in [1.165, 1.54) is 0 Å². The summed E-state index contributed by atoms with van der Waals surface area (Å²) in [5.74, 6) is -0.841. The van der Waals surface area contributed by atoms with Crippen LogP contribution in [0.2, 0.25) is 0 Å². The van der Waals surface area contributed by atoms with Crippen LogP contribution < -0.4 is 5.32 Å². The highest BCUT2D eigenvalue weighted by Crippen LogP contribution is 2.16. The SMILES string of the molecule is C=CCNC(=O)C(C)OC(=O)c1ccccc1Cc1ccccc1. The fourth-order valence-corrected chi connectivity index (χ4v) is 2.28. The molecule has 4 heteroatoms. The van der Waals surface area contributed by atoms with Gasteiger partial charge in [0.15, 0.2) is 6.10 Å². The number of carbonyl (C=O) groups excluding carboxylic acids is 2. The number of hydrogen-bond acceptors (Lipinski definition) is 3. The molecule has 0 aliphatic heterocycles. The Morgan fingerprint density at radius 1 is 1.12 bits per heavy atom. The molecule has 0 aromatic heterocycles. The van der Waals surface area contributed by atoms with Crippen molar-refractivity contribution in [2.24, 2.45) is 0 Å². The van der Waals surface area contributed by atoms with Crippen LogP contribution in [0.1, 0.15) is 28.4 Å². The molecule has 0 aliphatic carbocycles.